The molecule has 1 fully saturated rings. The molecule has 0 amide bonds. The molecule has 0 aromatic rings. The van der Waals surface area contributed by atoms with Crippen molar-refractivity contribution in [1.82, 2.24) is 10.2 Å². The third-order valence-corrected chi connectivity index (χ3v) is 5.55. The molecule has 0 aromatic heterocycles. The van der Waals surface area contributed by atoms with E-state index in [0.717, 1.165) is 38.7 Å². The number of guanidine groups is 1. The molecule has 1 heterocycles. The Morgan fingerprint density at radius 3 is 2.76 bits per heavy atom. The summed E-state index contributed by atoms with van der Waals surface area (Å²) in [6.07, 6.45) is 1.15. The zero-order chi connectivity index (χ0) is 15.9. The van der Waals surface area contributed by atoms with Crippen LogP contribution >= 0.6 is 0 Å². The summed E-state index contributed by atoms with van der Waals surface area (Å²) in [7, 11) is 0.980. The molecule has 1 aliphatic rings. The van der Waals surface area contributed by atoms with Gasteiger partial charge in [-0.05, 0) is 34.1 Å². The Morgan fingerprint density at radius 2 is 2.19 bits per heavy atom. The van der Waals surface area contributed by atoms with Crippen LogP contribution in [0.4, 0.5) is 0 Å². The standard InChI is InChI=1S/C15H31N3O2S/c1-6-20-12-13-7-9-18(11-13)14(16-5)17-8-10-21(19)15(2,3)4/h13H,6-12H2,1-5H3,(H,16,17). The molecule has 2 atom stereocenters. The third-order valence-electron chi connectivity index (χ3n) is 3.61. The smallest absolute Gasteiger partial charge is 0.193 e. The van der Waals surface area contributed by atoms with Crippen molar-refractivity contribution in [2.75, 3.05) is 45.6 Å². The molecular weight excluding hydrogens is 286 g/mol. The first-order valence-corrected chi connectivity index (χ1v) is 9.12. The molecule has 1 N–H and O–H groups in total. The van der Waals surface area contributed by atoms with Gasteiger partial charge in [-0.3, -0.25) is 9.20 Å². The maximum Gasteiger partial charge on any atom is 0.193 e. The fraction of sp³-hybridized carbons (Fsp3) is 0.933. The normalized spacial score (nSPS) is 21.7. The van der Waals surface area contributed by atoms with Crippen LogP contribution in [0.5, 0.6) is 0 Å². The molecule has 0 bridgehead atoms. The molecule has 0 aromatic carbocycles. The van der Waals surface area contributed by atoms with Crippen LogP contribution in [0.2, 0.25) is 0 Å². The molecule has 0 spiro atoms. The highest BCUT2D eigenvalue weighted by molar-refractivity contribution is 7.86. The van der Waals surface area contributed by atoms with E-state index in [1.54, 1.807) is 7.05 Å². The summed E-state index contributed by atoms with van der Waals surface area (Å²) >= 11 is 0. The van der Waals surface area contributed by atoms with Crippen molar-refractivity contribution in [1.29, 1.82) is 0 Å². The molecule has 5 nitrogen and oxygen atoms in total. The Balaban J connectivity index is 2.35. The van der Waals surface area contributed by atoms with Crippen LogP contribution in [0.1, 0.15) is 34.1 Å². The Bertz CT molecular complexity index is 366. The Labute approximate surface area is 132 Å². The number of nitrogens with zero attached hydrogens (tertiary/aromatic N) is 2. The second kappa shape index (κ2) is 8.73. The average molecular weight is 317 g/mol. The van der Waals surface area contributed by atoms with Crippen molar-refractivity contribution >= 4 is 16.8 Å². The van der Waals surface area contributed by atoms with Gasteiger partial charge in [0.15, 0.2) is 5.96 Å². The fourth-order valence-corrected chi connectivity index (χ4v) is 3.24. The summed E-state index contributed by atoms with van der Waals surface area (Å²) in [5.74, 6) is 2.16. The van der Waals surface area contributed by atoms with E-state index in [1.807, 2.05) is 27.7 Å². The molecule has 1 saturated heterocycles. The van der Waals surface area contributed by atoms with Crippen LogP contribution in [-0.2, 0) is 15.5 Å². The third kappa shape index (κ3) is 6.34. The van der Waals surface area contributed by atoms with Gasteiger partial charge in [0.05, 0.1) is 6.61 Å². The van der Waals surface area contributed by atoms with E-state index in [2.05, 4.69) is 15.2 Å². The van der Waals surface area contributed by atoms with E-state index in [1.165, 1.54) is 0 Å². The summed E-state index contributed by atoms with van der Waals surface area (Å²) in [5.41, 5.74) is 0. The fourth-order valence-electron chi connectivity index (χ4n) is 2.34. The van der Waals surface area contributed by atoms with Gasteiger partial charge < -0.3 is 15.0 Å². The van der Waals surface area contributed by atoms with E-state index in [9.17, 15) is 4.21 Å². The van der Waals surface area contributed by atoms with E-state index in [0.29, 0.717) is 18.2 Å². The highest BCUT2D eigenvalue weighted by Gasteiger charge is 2.25. The average Bonchev–Trinajstić information content (AvgIpc) is 2.88. The lowest BCUT2D eigenvalue weighted by Gasteiger charge is -2.23. The number of likely N-dealkylation sites (tertiary alicyclic amines) is 1. The predicted octanol–water partition coefficient (Wildman–Crippen LogP) is 1.47. The zero-order valence-corrected chi connectivity index (χ0v) is 15.0. The van der Waals surface area contributed by atoms with E-state index < -0.39 is 10.8 Å². The Morgan fingerprint density at radius 1 is 1.48 bits per heavy atom. The van der Waals surface area contributed by atoms with Gasteiger partial charge >= 0.3 is 0 Å². The summed E-state index contributed by atoms with van der Waals surface area (Å²) in [6, 6.07) is 0. The minimum atomic E-state index is -0.825. The van der Waals surface area contributed by atoms with Gasteiger partial charge in [-0.25, -0.2) is 0 Å². The van der Waals surface area contributed by atoms with Crippen LogP contribution in [-0.4, -0.2) is 65.5 Å². The summed E-state index contributed by atoms with van der Waals surface area (Å²) in [6.45, 7) is 12.4. The summed E-state index contributed by atoms with van der Waals surface area (Å²) in [4.78, 5) is 6.60. The second-order valence-corrected chi connectivity index (χ2v) is 8.72. The first kappa shape index (κ1) is 18.4. The lowest BCUT2D eigenvalue weighted by Crippen LogP contribution is -2.42. The van der Waals surface area contributed by atoms with Crippen LogP contribution in [0.15, 0.2) is 4.99 Å². The minimum Gasteiger partial charge on any atom is -0.381 e. The summed E-state index contributed by atoms with van der Waals surface area (Å²) < 4.78 is 17.4. The first-order chi connectivity index (χ1) is 9.88. The molecule has 2 unspecified atom stereocenters. The Hall–Kier alpha value is -0.620. The van der Waals surface area contributed by atoms with Gasteiger partial charge in [-0.15, -0.1) is 0 Å². The van der Waals surface area contributed by atoms with Crippen LogP contribution < -0.4 is 5.32 Å². The molecular formula is C15H31N3O2S. The highest BCUT2D eigenvalue weighted by atomic mass is 32.2. The molecule has 1 rings (SSSR count). The second-order valence-electron chi connectivity index (χ2n) is 6.40. The van der Waals surface area contributed by atoms with E-state index in [4.69, 9.17) is 4.74 Å². The Kier molecular flexibility index (Phi) is 7.66. The lowest BCUT2D eigenvalue weighted by atomic mass is 10.1. The van der Waals surface area contributed by atoms with Crippen molar-refractivity contribution in [3.63, 3.8) is 0 Å². The number of ether oxygens (including phenoxy) is 1. The minimum absolute atomic E-state index is 0.151. The molecule has 124 valence electrons. The van der Waals surface area contributed by atoms with Gasteiger partial charge in [-0.2, -0.15) is 0 Å². The van der Waals surface area contributed by atoms with Crippen LogP contribution in [0.3, 0.4) is 0 Å². The number of aliphatic imine (C=N–C) groups is 1. The van der Waals surface area contributed by atoms with Gasteiger partial charge in [-0.1, -0.05) is 0 Å². The molecule has 21 heavy (non-hydrogen) atoms. The number of hydrogen-bond donors (Lipinski definition) is 1. The molecule has 0 radical (unpaired) electrons. The largest absolute Gasteiger partial charge is 0.381 e. The zero-order valence-electron chi connectivity index (χ0n) is 14.1. The maximum absolute atomic E-state index is 12.0. The van der Waals surface area contributed by atoms with E-state index >= 15 is 0 Å². The topological polar surface area (TPSA) is 53.9 Å². The SMILES string of the molecule is CCOCC1CCN(C(=NC)NCCS(=O)C(C)(C)C)C1. The van der Waals surface area contributed by atoms with Gasteiger partial charge in [0.1, 0.15) is 0 Å². The van der Waals surface area contributed by atoms with Crippen molar-refractivity contribution in [3.05, 3.63) is 0 Å². The van der Waals surface area contributed by atoms with Crippen LogP contribution in [0, 0.1) is 5.92 Å². The van der Waals surface area contributed by atoms with Crippen molar-refractivity contribution in [3.8, 4) is 0 Å². The van der Waals surface area contributed by atoms with Gasteiger partial charge in [0.2, 0.25) is 0 Å². The molecule has 6 heteroatoms. The van der Waals surface area contributed by atoms with Crippen molar-refractivity contribution in [2.45, 2.75) is 38.9 Å². The van der Waals surface area contributed by atoms with E-state index in [-0.39, 0.29) is 4.75 Å². The number of rotatable bonds is 6. The number of nitrogens with one attached hydrogen (secondary N) is 1. The predicted molar refractivity (Wildman–Crippen MR) is 90.3 cm³/mol. The highest BCUT2D eigenvalue weighted by Crippen LogP contribution is 2.16. The molecule has 0 saturated carbocycles. The monoisotopic (exact) mass is 317 g/mol. The van der Waals surface area contributed by atoms with Crippen LogP contribution in [0.25, 0.3) is 0 Å². The summed E-state index contributed by atoms with van der Waals surface area (Å²) in [5, 5.41) is 3.33. The molecule has 0 aliphatic carbocycles. The van der Waals surface area contributed by atoms with Gasteiger partial charge in [0.25, 0.3) is 0 Å². The lowest BCUT2D eigenvalue weighted by molar-refractivity contribution is 0.114. The first-order valence-electron chi connectivity index (χ1n) is 7.80. The quantitative estimate of drug-likeness (QED) is 0.595. The van der Waals surface area contributed by atoms with Gasteiger partial charge in [0, 0.05) is 60.5 Å². The van der Waals surface area contributed by atoms with Crippen molar-refractivity contribution < 1.29 is 8.95 Å². The maximum atomic E-state index is 12.0. The molecule has 1 aliphatic heterocycles. The number of hydrogen-bond acceptors (Lipinski definition) is 3. The van der Waals surface area contributed by atoms with Crippen molar-refractivity contribution in [2.24, 2.45) is 10.9 Å².